The van der Waals surface area contributed by atoms with Gasteiger partial charge < -0.3 is 14.8 Å². The Hall–Kier alpha value is -1.59. The Labute approximate surface area is 168 Å². The molecule has 5 heteroatoms. The summed E-state index contributed by atoms with van der Waals surface area (Å²) in [7, 11) is 1.68. The number of amides is 1. The van der Waals surface area contributed by atoms with E-state index in [1.54, 1.807) is 7.11 Å². The van der Waals surface area contributed by atoms with E-state index < -0.39 is 0 Å². The van der Waals surface area contributed by atoms with Crippen LogP contribution in [0.5, 0.6) is 5.75 Å². The van der Waals surface area contributed by atoms with Gasteiger partial charge in [0.05, 0.1) is 25.2 Å². The SMILES string of the molecule is COc1ccc(C2(C(=O)N[C@H]3C[C@H]4CO[C@@H](C(C)C)CN4C3)CCCC2)cc1. The number of methoxy groups -OCH3 is 1. The van der Waals surface area contributed by atoms with Gasteiger partial charge >= 0.3 is 0 Å². The van der Waals surface area contributed by atoms with Crippen LogP contribution in [0.15, 0.2) is 24.3 Å². The van der Waals surface area contributed by atoms with E-state index in [4.69, 9.17) is 9.47 Å². The van der Waals surface area contributed by atoms with Gasteiger partial charge in [0.15, 0.2) is 0 Å². The first-order chi connectivity index (χ1) is 13.5. The van der Waals surface area contributed by atoms with Crippen molar-refractivity contribution in [2.75, 3.05) is 26.8 Å². The molecule has 2 heterocycles. The second-order valence-corrected chi connectivity index (χ2v) is 9.15. The molecule has 3 aliphatic rings. The number of ether oxygens (including phenoxy) is 2. The zero-order valence-electron chi connectivity index (χ0n) is 17.4. The molecule has 2 saturated heterocycles. The van der Waals surface area contributed by atoms with Gasteiger partial charge in [-0.1, -0.05) is 38.8 Å². The molecular formula is C23H34N2O3. The van der Waals surface area contributed by atoms with Crippen LogP contribution in [0.3, 0.4) is 0 Å². The van der Waals surface area contributed by atoms with Crippen molar-refractivity contribution in [3.8, 4) is 5.75 Å². The van der Waals surface area contributed by atoms with Crippen LogP contribution in [-0.2, 0) is 14.9 Å². The molecule has 1 aromatic carbocycles. The van der Waals surface area contributed by atoms with Crippen molar-refractivity contribution in [3.05, 3.63) is 29.8 Å². The minimum absolute atomic E-state index is 0.210. The van der Waals surface area contributed by atoms with Crippen molar-refractivity contribution in [2.45, 2.75) is 69.6 Å². The van der Waals surface area contributed by atoms with Crippen LogP contribution >= 0.6 is 0 Å². The van der Waals surface area contributed by atoms with Gasteiger partial charge in [-0.05, 0) is 42.9 Å². The summed E-state index contributed by atoms with van der Waals surface area (Å²) in [5.74, 6) is 1.58. The molecule has 5 nitrogen and oxygen atoms in total. The number of nitrogens with zero attached hydrogens (tertiary/aromatic N) is 1. The number of carbonyl (C=O) groups is 1. The normalized spacial score (nSPS) is 29.6. The van der Waals surface area contributed by atoms with Crippen molar-refractivity contribution < 1.29 is 14.3 Å². The molecule has 1 amide bonds. The third-order valence-electron chi connectivity index (χ3n) is 7.06. The topological polar surface area (TPSA) is 50.8 Å². The Kier molecular flexibility index (Phi) is 5.66. The Balaban J connectivity index is 1.44. The Morgan fingerprint density at radius 1 is 1.21 bits per heavy atom. The number of morpholine rings is 1. The molecule has 1 aromatic rings. The van der Waals surface area contributed by atoms with E-state index in [0.29, 0.717) is 18.1 Å². The van der Waals surface area contributed by atoms with Crippen molar-refractivity contribution in [1.82, 2.24) is 10.2 Å². The third kappa shape index (κ3) is 3.67. The monoisotopic (exact) mass is 386 g/mol. The summed E-state index contributed by atoms with van der Waals surface area (Å²) in [6.07, 6.45) is 5.40. The molecule has 4 rings (SSSR count). The minimum atomic E-state index is -0.383. The number of carbonyl (C=O) groups excluding carboxylic acids is 1. The fourth-order valence-corrected chi connectivity index (χ4v) is 5.27. The third-order valence-corrected chi connectivity index (χ3v) is 7.06. The van der Waals surface area contributed by atoms with Gasteiger partial charge in [-0.15, -0.1) is 0 Å². The Morgan fingerprint density at radius 2 is 1.93 bits per heavy atom. The summed E-state index contributed by atoms with van der Waals surface area (Å²) in [6.45, 7) is 7.16. The van der Waals surface area contributed by atoms with Crippen LogP contribution < -0.4 is 10.1 Å². The summed E-state index contributed by atoms with van der Waals surface area (Å²) in [6, 6.07) is 8.76. The van der Waals surface area contributed by atoms with Crippen LogP contribution in [0, 0.1) is 5.92 Å². The predicted octanol–water partition coefficient (Wildman–Crippen LogP) is 3.12. The summed E-state index contributed by atoms with van der Waals surface area (Å²) in [4.78, 5) is 16.0. The summed E-state index contributed by atoms with van der Waals surface area (Å²) < 4.78 is 11.3. The van der Waals surface area contributed by atoms with E-state index in [1.807, 2.05) is 12.1 Å². The van der Waals surface area contributed by atoms with Crippen molar-refractivity contribution in [3.63, 3.8) is 0 Å². The molecule has 0 aromatic heterocycles. The largest absolute Gasteiger partial charge is 0.497 e. The van der Waals surface area contributed by atoms with Crippen LogP contribution in [0.25, 0.3) is 0 Å². The maximum atomic E-state index is 13.5. The standard InChI is InChI=1S/C23H34N2O3/c1-16(2)21-14-25-13-18(12-19(25)15-28-21)24-22(26)23(10-4-5-11-23)17-6-8-20(27-3)9-7-17/h6-9,16,18-19,21H,4-5,10-15H2,1-3H3,(H,24,26)/t18-,19-,21+/m0/s1. The first-order valence-electron chi connectivity index (χ1n) is 10.8. The average Bonchev–Trinajstić information content (AvgIpc) is 3.34. The lowest BCUT2D eigenvalue weighted by Gasteiger charge is -2.36. The molecule has 1 saturated carbocycles. The Morgan fingerprint density at radius 3 is 2.57 bits per heavy atom. The lowest BCUT2D eigenvalue weighted by atomic mass is 9.77. The molecule has 154 valence electrons. The molecule has 0 spiro atoms. The van der Waals surface area contributed by atoms with E-state index in [2.05, 4.69) is 36.2 Å². The molecule has 1 aliphatic carbocycles. The Bertz CT molecular complexity index is 682. The molecule has 0 unspecified atom stereocenters. The zero-order chi connectivity index (χ0) is 19.7. The lowest BCUT2D eigenvalue weighted by Crippen LogP contribution is -2.49. The number of rotatable bonds is 5. The second-order valence-electron chi connectivity index (χ2n) is 9.15. The van der Waals surface area contributed by atoms with Gasteiger partial charge in [-0.25, -0.2) is 0 Å². The fourth-order valence-electron chi connectivity index (χ4n) is 5.27. The highest BCUT2D eigenvalue weighted by Gasteiger charge is 2.45. The molecule has 3 fully saturated rings. The van der Waals surface area contributed by atoms with Gasteiger partial charge in [0.25, 0.3) is 0 Å². The number of benzene rings is 1. The molecule has 2 aliphatic heterocycles. The van der Waals surface area contributed by atoms with Crippen molar-refractivity contribution in [1.29, 1.82) is 0 Å². The number of nitrogens with one attached hydrogen (secondary N) is 1. The second kappa shape index (κ2) is 8.03. The molecule has 3 atom stereocenters. The van der Waals surface area contributed by atoms with Crippen LogP contribution in [0.1, 0.15) is 51.5 Å². The highest BCUT2D eigenvalue weighted by atomic mass is 16.5. The molecule has 1 N–H and O–H groups in total. The van der Waals surface area contributed by atoms with Crippen LogP contribution in [-0.4, -0.2) is 55.8 Å². The van der Waals surface area contributed by atoms with E-state index >= 15 is 0 Å². The van der Waals surface area contributed by atoms with E-state index in [9.17, 15) is 4.79 Å². The average molecular weight is 387 g/mol. The number of fused-ring (bicyclic) bond motifs is 1. The van der Waals surface area contributed by atoms with E-state index in [1.165, 1.54) is 0 Å². The van der Waals surface area contributed by atoms with Gasteiger partial charge in [0.1, 0.15) is 5.75 Å². The zero-order valence-corrected chi connectivity index (χ0v) is 17.4. The number of hydrogen-bond acceptors (Lipinski definition) is 4. The highest BCUT2D eigenvalue weighted by Crippen LogP contribution is 2.42. The lowest BCUT2D eigenvalue weighted by molar-refractivity contribution is -0.127. The summed E-state index contributed by atoms with van der Waals surface area (Å²) in [5, 5.41) is 3.42. The van der Waals surface area contributed by atoms with Gasteiger partial charge in [-0.2, -0.15) is 0 Å². The van der Waals surface area contributed by atoms with Gasteiger partial charge in [0.2, 0.25) is 5.91 Å². The first kappa shape index (κ1) is 19.7. The minimum Gasteiger partial charge on any atom is -0.497 e. The smallest absolute Gasteiger partial charge is 0.230 e. The fraction of sp³-hybridized carbons (Fsp3) is 0.696. The van der Waals surface area contributed by atoms with E-state index in [0.717, 1.165) is 63.1 Å². The predicted molar refractivity (Wildman–Crippen MR) is 110 cm³/mol. The van der Waals surface area contributed by atoms with Crippen molar-refractivity contribution in [2.24, 2.45) is 5.92 Å². The quantitative estimate of drug-likeness (QED) is 0.845. The summed E-state index contributed by atoms with van der Waals surface area (Å²) in [5.41, 5.74) is 0.744. The molecular weight excluding hydrogens is 352 g/mol. The highest BCUT2D eigenvalue weighted by molar-refractivity contribution is 5.89. The first-order valence-corrected chi connectivity index (χ1v) is 10.8. The van der Waals surface area contributed by atoms with Crippen molar-refractivity contribution >= 4 is 5.91 Å². The molecule has 0 bridgehead atoms. The van der Waals surface area contributed by atoms with Crippen LogP contribution in [0.4, 0.5) is 0 Å². The molecule has 28 heavy (non-hydrogen) atoms. The number of hydrogen-bond donors (Lipinski definition) is 1. The molecule has 0 radical (unpaired) electrons. The summed E-state index contributed by atoms with van der Waals surface area (Å²) >= 11 is 0. The maximum absolute atomic E-state index is 13.5. The van der Waals surface area contributed by atoms with Crippen LogP contribution in [0.2, 0.25) is 0 Å². The van der Waals surface area contributed by atoms with Gasteiger partial charge in [-0.3, -0.25) is 9.69 Å². The maximum Gasteiger partial charge on any atom is 0.230 e. The van der Waals surface area contributed by atoms with Gasteiger partial charge in [0, 0.05) is 25.2 Å². The van der Waals surface area contributed by atoms with E-state index in [-0.39, 0.29) is 17.4 Å².